The first-order valence-corrected chi connectivity index (χ1v) is 13.3. The number of carbonyl (C=O) groups is 2. The van der Waals surface area contributed by atoms with Gasteiger partial charge in [0.1, 0.15) is 13.2 Å². The minimum absolute atomic E-state index is 0.252. The van der Waals surface area contributed by atoms with Crippen LogP contribution in [0.1, 0.15) is 20.3 Å². The summed E-state index contributed by atoms with van der Waals surface area (Å²) in [6.07, 6.45) is 2.36. The Hall–Kier alpha value is -2.00. The predicted molar refractivity (Wildman–Crippen MR) is 138 cm³/mol. The number of fused-ring (bicyclic) bond motifs is 1. The highest BCUT2D eigenvalue weighted by Gasteiger charge is 2.23. The van der Waals surface area contributed by atoms with Crippen LogP contribution in [0.15, 0.2) is 82.3 Å². The van der Waals surface area contributed by atoms with Gasteiger partial charge in [0.05, 0.1) is 9.16 Å². The van der Waals surface area contributed by atoms with Crippen molar-refractivity contribution in [3.8, 4) is 0 Å². The topological polar surface area (TPSA) is 52.6 Å². The Kier molecular flexibility index (Phi) is 7.78. The summed E-state index contributed by atoms with van der Waals surface area (Å²) in [4.78, 5) is 24.6. The third-order valence-corrected chi connectivity index (χ3v) is 10.1. The lowest BCUT2D eigenvalue weighted by Crippen LogP contribution is -2.02. The van der Waals surface area contributed by atoms with Gasteiger partial charge < -0.3 is 9.47 Å². The summed E-state index contributed by atoms with van der Waals surface area (Å²) in [5, 5.41) is 6.51. The van der Waals surface area contributed by atoms with Gasteiger partial charge in [-0.2, -0.15) is 0 Å². The largest absolute Gasteiger partial charge is 0.457 e. The number of benzene rings is 2. The molecule has 0 N–H and O–H groups in total. The average Bonchev–Trinajstić information content (AvgIpc) is 3.50. The first-order chi connectivity index (χ1) is 15.6. The molecule has 4 nitrogen and oxygen atoms in total. The summed E-state index contributed by atoms with van der Waals surface area (Å²) in [5.74, 6) is -0.805. The second-order valence-corrected chi connectivity index (χ2v) is 11.8. The van der Waals surface area contributed by atoms with Gasteiger partial charge in [-0.1, -0.05) is 37.4 Å². The van der Waals surface area contributed by atoms with Gasteiger partial charge in [-0.15, -0.1) is 47.0 Å². The lowest BCUT2D eigenvalue weighted by Gasteiger charge is -2.13. The zero-order valence-electron chi connectivity index (χ0n) is 17.0. The van der Waals surface area contributed by atoms with Gasteiger partial charge in [0.25, 0.3) is 0 Å². The lowest BCUT2D eigenvalue weighted by atomic mass is 10.1. The zero-order chi connectivity index (χ0) is 22.5. The number of thioether (sulfide) groups is 4. The maximum Gasteiger partial charge on any atom is 0.330 e. The maximum absolute atomic E-state index is 11.3. The molecule has 0 saturated heterocycles. The Morgan fingerprint density at radius 1 is 0.781 bits per heavy atom. The third-order valence-electron chi connectivity index (χ3n) is 4.64. The molecule has 0 saturated carbocycles. The summed E-state index contributed by atoms with van der Waals surface area (Å²) < 4.78 is 10.8. The van der Waals surface area contributed by atoms with Crippen LogP contribution in [0.2, 0.25) is 0 Å². The number of carbonyl (C=O) groups excluding carboxylic acids is 2. The molecule has 164 valence electrons. The van der Waals surface area contributed by atoms with Crippen molar-refractivity contribution in [1.82, 2.24) is 0 Å². The van der Waals surface area contributed by atoms with E-state index in [0.717, 1.165) is 9.81 Å². The van der Waals surface area contributed by atoms with Gasteiger partial charge in [-0.3, -0.25) is 0 Å². The second kappa shape index (κ2) is 10.7. The molecule has 0 amide bonds. The van der Waals surface area contributed by atoms with Crippen molar-refractivity contribution in [1.29, 1.82) is 0 Å². The van der Waals surface area contributed by atoms with E-state index in [4.69, 9.17) is 9.47 Å². The molecule has 4 rings (SSSR count). The molecule has 2 atom stereocenters. The van der Waals surface area contributed by atoms with E-state index in [1.807, 2.05) is 0 Å². The molecule has 2 unspecified atom stereocenters. The molecule has 0 radical (unpaired) electrons. The van der Waals surface area contributed by atoms with Crippen LogP contribution in [-0.4, -0.2) is 25.2 Å². The van der Waals surface area contributed by atoms with E-state index < -0.39 is 11.9 Å². The molecule has 0 aliphatic carbocycles. The van der Waals surface area contributed by atoms with Crippen LogP contribution in [0.25, 0.3) is 10.8 Å². The van der Waals surface area contributed by atoms with E-state index >= 15 is 0 Å². The van der Waals surface area contributed by atoms with Crippen LogP contribution in [0, 0.1) is 0 Å². The molecule has 32 heavy (non-hydrogen) atoms. The summed E-state index contributed by atoms with van der Waals surface area (Å²) in [5.41, 5.74) is 2.47. The highest BCUT2D eigenvalue weighted by atomic mass is 32.2. The molecule has 2 aromatic rings. The minimum atomic E-state index is -0.403. The van der Waals surface area contributed by atoms with E-state index in [1.54, 1.807) is 47.0 Å². The van der Waals surface area contributed by atoms with Gasteiger partial charge >= 0.3 is 11.9 Å². The fraction of sp³-hybridized carbons (Fsp3) is 0.167. The fourth-order valence-corrected chi connectivity index (χ4v) is 8.03. The second-order valence-electron chi connectivity index (χ2n) is 6.83. The molecule has 0 aromatic heterocycles. The number of ether oxygens (including phenoxy) is 2. The first-order valence-electron chi connectivity index (χ1n) is 9.70. The molecule has 2 heterocycles. The summed E-state index contributed by atoms with van der Waals surface area (Å²) in [6, 6.07) is 13.1. The van der Waals surface area contributed by atoms with Crippen molar-refractivity contribution in [2.45, 2.75) is 9.16 Å². The number of hydrogen-bond donors (Lipinski definition) is 0. The Balaban J connectivity index is 1.37. The summed E-state index contributed by atoms with van der Waals surface area (Å²) in [7, 11) is 0. The van der Waals surface area contributed by atoms with E-state index in [-0.39, 0.29) is 22.4 Å². The Labute approximate surface area is 203 Å². The van der Waals surface area contributed by atoms with Gasteiger partial charge in [-0.25, -0.2) is 9.59 Å². The molecule has 0 fully saturated rings. The van der Waals surface area contributed by atoms with E-state index in [2.05, 4.69) is 60.4 Å². The lowest BCUT2D eigenvalue weighted by molar-refractivity contribution is -0.137. The summed E-state index contributed by atoms with van der Waals surface area (Å²) >= 11 is 6.89. The maximum atomic E-state index is 11.3. The highest BCUT2D eigenvalue weighted by molar-refractivity contribution is 8.22. The SMILES string of the molecule is C=CC(=O)OCC1=CSC(c2ccc3cc(C4SC=C(COC(=O)C=C)S4)ccc3c2)S1. The fourth-order valence-electron chi connectivity index (χ4n) is 3.07. The normalized spacial score (nSPS) is 19.9. The summed E-state index contributed by atoms with van der Waals surface area (Å²) in [6.45, 7) is 7.41. The first kappa shape index (κ1) is 23.2. The molecular weight excluding hydrogens is 481 g/mol. The van der Waals surface area contributed by atoms with Crippen molar-refractivity contribution in [2.75, 3.05) is 13.2 Å². The van der Waals surface area contributed by atoms with Crippen molar-refractivity contribution in [3.05, 3.63) is 93.5 Å². The van der Waals surface area contributed by atoms with E-state index in [1.165, 1.54) is 34.1 Å². The number of rotatable bonds is 8. The monoisotopic (exact) mass is 500 g/mol. The molecule has 8 heteroatoms. The van der Waals surface area contributed by atoms with E-state index in [9.17, 15) is 9.59 Å². The quantitative estimate of drug-likeness (QED) is 0.285. The van der Waals surface area contributed by atoms with Gasteiger partial charge in [0.2, 0.25) is 0 Å². The molecule has 2 aromatic carbocycles. The van der Waals surface area contributed by atoms with E-state index in [0.29, 0.717) is 0 Å². The Morgan fingerprint density at radius 3 is 1.62 bits per heavy atom. The smallest absolute Gasteiger partial charge is 0.330 e. The minimum Gasteiger partial charge on any atom is -0.457 e. The number of hydrogen-bond acceptors (Lipinski definition) is 8. The van der Waals surface area contributed by atoms with Crippen LogP contribution in [0.4, 0.5) is 0 Å². The van der Waals surface area contributed by atoms with Gasteiger partial charge in [-0.05, 0) is 44.8 Å². The standard InChI is InChI=1S/C24H20O4S4/c1-3-21(25)27-11-19-13-29-23(31-19)17-7-5-16-10-18(8-6-15(16)9-17)24-30-14-20(32-24)12-28-22(26)4-2/h3-10,13-14,23-24H,1-2,11-12H2. The predicted octanol–water partition coefficient (Wildman–Crippen LogP) is 6.94. The van der Waals surface area contributed by atoms with Crippen LogP contribution in [0.5, 0.6) is 0 Å². The van der Waals surface area contributed by atoms with Crippen LogP contribution < -0.4 is 0 Å². The molecule has 2 aliphatic heterocycles. The van der Waals surface area contributed by atoms with Crippen LogP contribution >= 0.6 is 47.0 Å². The molecule has 0 bridgehead atoms. The van der Waals surface area contributed by atoms with Crippen LogP contribution in [0.3, 0.4) is 0 Å². The third kappa shape index (κ3) is 5.67. The molecule has 0 spiro atoms. The van der Waals surface area contributed by atoms with Gasteiger partial charge in [0, 0.05) is 22.0 Å². The zero-order valence-corrected chi connectivity index (χ0v) is 20.3. The van der Waals surface area contributed by atoms with Crippen LogP contribution in [-0.2, 0) is 19.1 Å². The van der Waals surface area contributed by atoms with Crippen molar-refractivity contribution in [3.63, 3.8) is 0 Å². The Bertz CT molecular complexity index is 1050. The molecular formula is C24H20O4S4. The average molecular weight is 501 g/mol. The van der Waals surface area contributed by atoms with Gasteiger partial charge in [0.15, 0.2) is 0 Å². The Morgan fingerprint density at radius 2 is 1.22 bits per heavy atom. The molecule has 2 aliphatic rings. The highest BCUT2D eigenvalue weighted by Crippen LogP contribution is 2.52. The number of esters is 2. The van der Waals surface area contributed by atoms with Crippen molar-refractivity contribution < 1.29 is 19.1 Å². The van der Waals surface area contributed by atoms with Crippen molar-refractivity contribution >= 4 is 69.8 Å². The van der Waals surface area contributed by atoms with Crippen molar-refractivity contribution in [2.24, 2.45) is 0 Å².